The van der Waals surface area contributed by atoms with E-state index in [0.717, 1.165) is 18.4 Å². The number of carbonyl (C=O) groups is 7. The standard InChI is InChI=1S/C42H59N7O8.CH4/c1-9-14-29(35(50)39(54)46-30(41(56)57-42(6,7)8)21-26-15-11-10-12-16-26)45-38(53)34-28-18-13-17-27(28)23-49(34)40(55)33(25(4)5)48-37(52)32(24(2)3)47-36(51)31-22-43-19-20-44-31;/h10-12,15-16,19-20,22,24-25,27-30,32-34H,9,13-14,17-18,21,23H2,1-8H3,(H,45,53)(H,46,54)(H,47,51)(H,48,52);1H4/t27-,28-,29?,30-,32-,33-,34?;/m0./s1. The summed E-state index contributed by atoms with van der Waals surface area (Å²) in [6.07, 6.45) is 7.15. The summed E-state index contributed by atoms with van der Waals surface area (Å²) in [5.74, 6) is -5.68. The number of fused-ring (bicyclic) bond motifs is 1. The Hall–Kier alpha value is -5.21. The minimum absolute atomic E-state index is 0. The number of nitrogens with one attached hydrogen (secondary N) is 4. The van der Waals surface area contributed by atoms with Crippen molar-refractivity contribution < 1.29 is 38.3 Å². The fourth-order valence-corrected chi connectivity index (χ4v) is 7.59. The second-order valence-corrected chi connectivity index (χ2v) is 16.8. The molecule has 0 radical (unpaired) electrons. The van der Waals surface area contributed by atoms with E-state index in [4.69, 9.17) is 4.74 Å². The first-order chi connectivity index (χ1) is 26.9. The first-order valence-electron chi connectivity index (χ1n) is 20.0. The summed E-state index contributed by atoms with van der Waals surface area (Å²) in [4.78, 5) is 105. The second kappa shape index (κ2) is 21.0. The van der Waals surface area contributed by atoms with Gasteiger partial charge in [-0.15, -0.1) is 0 Å². The number of ether oxygens (including phenoxy) is 1. The molecule has 5 amide bonds. The van der Waals surface area contributed by atoms with Gasteiger partial charge in [-0.3, -0.25) is 33.8 Å². The van der Waals surface area contributed by atoms with Gasteiger partial charge in [0.1, 0.15) is 35.5 Å². The molecule has 7 atom stereocenters. The van der Waals surface area contributed by atoms with Gasteiger partial charge in [-0.25, -0.2) is 9.78 Å². The van der Waals surface area contributed by atoms with Gasteiger partial charge in [0.2, 0.25) is 23.5 Å². The molecule has 1 aliphatic heterocycles. The molecule has 2 fully saturated rings. The van der Waals surface area contributed by atoms with Crippen molar-refractivity contribution in [1.29, 1.82) is 0 Å². The number of hydrogen-bond donors (Lipinski definition) is 4. The van der Waals surface area contributed by atoms with Crippen LogP contribution in [0.4, 0.5) is 0 Å². The van der Waals surface area contributed by atoms with E-state index in [1.807, 2.05) is 13.0 Å². The van der Waals surface area contributed by atoms with E-state index in [-0.39, 0.29) is 49.6 Å². The maximum absolute atomic E-state index is 14.4. The first kappa shape index (κ1) is 47.2. The number of Topliss-reactive ketones (excluding diaryl/α,β-unsaturated/α-hetero) is 1. The summed E-state index contributed by atoms with van der Waals surface area (Å²) in [6.45, 7) is 14.3. The van der Waals surface area contributed by atoms with Crippen molar-refractivity contribution in [2.45, 2.75) is 137 Å². The summed E-state index contributed by atoms with van der Waals surface area (Å²) in [6, 6.07) is 3.67. The predicted molar refractivity (Wildman–Crippen MR) is 218 cm³/mol. The molecule has 2 heterocycles. The highest BCUT2D eigenvalue weighted by molar-refractivity contribution is 6.38. The predicted octanol–water partition coefficient (Wildman–Crippen LogP) is 3.56. The average molecular weight is 806 g/mol. The van der Waals surface area contributed by atoms with Crippen LogP contribution < -0.4 is 21.3 Å². The molecule has 4 N–H and O–H groups in total. The Kier molecular flexibility index (Phi) is 17.1. The fraction of sp³-hybridized carbons (Fsp3) is 0.605. The molecule has 0 bridgehead atoms. The van der Waals surface area contributed by atoms with Gasteiger partial charge in [0, 0.05) is 25.4 Å². The molecule has 2 aromatic rings. The van der Waals surface area contributed by atoms with Crippen LogP contribution >= 0.6 is 0 Å². The highest BCUT2D eigenvalue weighted by Crippen LogP contribution is 2.42. The number of nitrogens with zero attached hydrogens (tertiary/aromatic N) is 3. The maximum atomic E-state index is 14.4. The van der Waals surface area contributed by atoms with E-state index < -0.39 is 77.1 Å². The third kappa shape index (κ3) is 12.4. The van der Waals surface area contributed by atoms with Crippen molar-refractivity contribution in [3.8, 4) is 0 Å². The number of benzene rings is 1. The lowest BCUT2D eigenvalue weighted by atomic mass is 9.92. The van der Waals surface area contributed by atoms with Crippen LogP contribution in [-0.4, -0.2) is 98.5 Å². The number of amides is 5. The second-order valence-electron chi connectivity index (χ2n) is 16.8. The lowest BCUT2D eigenvalue weighted by molar-refractivity contribution is -0.159. The van der Waals surface area contributed by atoms with Gasteiger partial charge >= 0.3 is 5.97 Å². The van der Waals surface area contributed by atoms with Gasteiger partial charge in [-0.1, -0.05) is 85.2 Å². The number of carbonyl (C=O) groups excluding carboxylic acids is 7. The van der Waals surface area contributed by atoms with Gasteiger partial charge in [0.15, 0.2) is 0 Å². The quantitative estimate of drug-likeness (QED) is 0.135. The van der Waals surface area contributed by atoms with Crippen LogP contribution in [0.3, 0.4) is 0 Å². The van der Waals surface area contributed by atoms with Crippen molar-refractivity contribution in [3.63, 3.8) is 0 Å². The maximum Gasteiger partial charge on any atom is 0.329 e. The van der Waals surface area contributed by atoms with Crippen LogP contribution in [0.25, 0.3) is 0 Å². The molecule has 1 aliphatic carbocycles. The van der Waals surface area contributed by atoms with Gasteiger partial charge in [0.05, 0.1) is 12.2 Å². The Morgan fingerprint density at radius 1 is 0.862 bits per heavy atom. The van der Waals surface area contributed by atoms with Crippen LogP contribution in [0, 0.1) is 23.7 Å². The molecular formula is C43H63N7O8. The lowest BCUT2D eigenvalue weighted by Gasteiger charge is -2.34. The molecule has 4 rings (SSSR count). The summed E-state index contributed by atoms with van der Waals surface area (Å²) in [5.41, 5.74) is -0.0554. The number of ketones is 1. The molecule has 2 unspecified atom stereocenters. The lowest BCUT2D eigenvalue weighted by Crippen LogP contribution is -2.60. The van der Waals surface area contributed by atoms with Crippen LogP contribution in [0.1, 0.15) is 111 Å². The zero-order valence-electron chi connectivity index (χ0n) is 34.4. The van der Waals surface area contributed by atoms with Gasteiger partial charge in [-0.05, 0) is 69.3 Å². The van der Waals surface area contributed by atoms with Crippen LogP contribution in [-0.2, 0) is 39.9 Å². The SMILES string of the molecule is C.CCCC(NC(=O)C1[C@H]2CCC[C@H]2CN1C(=O)[C@@H](NC(=O)[C@@H](NC(=O)c1cnccn1)C(C)C)C(C)C)C(=O)C(=O)N[C@@H](Cc1ccccc1)C(=O)OC(C)(C)C. The van der Waals surface area contributed by atoms with Crippen LogP contribution in [0.5, 0.6) is 0 Å². The third-order valence-electron chi connectivity index (χ3n) is 10.4. The zero-order valence-corrected chi connectivity index (χ0v) is 34.4. The van der Waals surface area contributed by atoms with E-state index >= 15 is 0 Å². The monoisotopic (exact) mass is 805 g/mol. The third-order valence-corrected chi connectivity index (χ3v) is 10.4. The van der Waals surface area contributed by atoms with Crippen molar-refractivity contribution in [2.24, 2.45) is 23.7 Å². The molecule has 318 valence electrons. The molecule has 0 spiro atoms. The molecule has 1 saturated heterocycles. The van der Waals surface area contributed by atoms with E-state index in [9.17, 15) is 33.6 Å². The summed E-state index contributed by atoms with van der Waals surface area (Å²) < 4.78 is 5.57. The smallest absolute Gasteiger partial charge is 0.329 e. The van der Waals surface area contributed by atoms with E-state index in [0.29, 0.717) is 19.4 Å². The van der Waals surface area contributed by atoms with Crippen molar-refractivity contribution in [3.05, 3.63) is 60.2 Å². The van der Waals surface area contributed by atoms with E-state index in [1.54, 1.807) is 72.7 Å². The van der Waals surface area contributed by atoms with Crippen LogP contribution in [0.2, 0.25) is 0 Å². The Morgan fingerprint density at radius 2 is 1.53 bits per heavy atom. The normalized spacial score (nSPS) is 19.5. The molecule has 58 heavy (non-hydrogen) atoms. The van der Waals surface area contributed by atoms with Crippen molar-refractivity contribution in [2.75, 3.05) is 6.54 Å². The zero-order chi connectivity index (χ0) is 42.0. The molecular weight excluding hydrogens is 743 g/mol. The molecule has 15 nitrogen and oxygen atoms in total. The van der Waals surface area contributed by atoms with Gasteiger partial charge in [0.25, 0.3) is 11.8 Å². The van der Waals surface area contributed by atoms with E-state index in [1.165, 1.54) is 23.5 Å². The minimum Gasteiger partial charge on any atom is -0.458 e. The van der Waals surface area contributed by atoms with E-state index in [2.05, 4.69) is 31.2 Å². The number of esters is 1. The topological polar surface area (TPSA) is 206 Å². The summed E-state index contributed by atoms with van der Waals surface area (Å²) in [5, 5.41) is 10.9. The minimum atomic E-state index is -1.22. The Balaban J connectivity index is 0.00000900. The molecule has 1 saturated carbocycles. The number of aromatic nitrogens is 2. The number of hydrogen-bond acceptors (Lipinski definition) is 10. The Morgan fingerprint density at radius 3 is 2.12 bits per heavy atom. The summed E-state index contributed by atoms with van der Waals surface area (Å²) in [7, 11) is 0. The van der Waals surface area contributed by atoms with Gasteiger partial charge in [-0.2, -0.15) is 0 Å². The largest absolute Gasteiger partial charge is 0.458 e. The Labute approximate surface area is 342 Å². The Bertz CT molecular complexity index is 1750. The number of rotatable bonds is 17. The number of likely N-dealkylation sites (tertiary alicyclic amines) is 1. The molecule has 15 heteroatoms. The van der Waals surface area contributed by atoms with Crippen LogP contribution in [0.15, 0.2) is 48.9 Å². The molecule has 2 aliphatic rings. The first-order valence-corrected chi connectivity index (χ1v) is 20.0. The van der Waals surface area contributed by atoms with Crippen molar-refractivity contribution >= 4 is 41.3 Å². The molecule has 1 aromatic heterocycles. The fourth-order valence-electron chi connectivity index (χ4n) is 7.59. The molecule has 1 aromatic carbocycles. The highest BCUT2D eigenvalue weighted by atomic mass is 16.6. The average Bonchev–Trinajstić information content (AvgIpc) is 3.76. The van der Waals surface area contributed by atoms with Crippen molar-refractivity contribution in [1.82, 2.24) is 36.1 Å². The van der Waals surface area contributed by atoms with Gasteiger partial charge < -0.3 is 30.9 Å². The highest BCUT2D eigenvalue weighted by Gasteiger charge is 2.51. The summed E-state index contributed by atoms with van der Waals surface area (Å²) >= 11 is 0.